The molecule has 0 bridgehead atoms. The number of aromatic nitrogens is 7. The van der Waals surface area contributed by atoms with Crippen LogP contribution in [-0.4, -0.2) is 134 Å². The van der Waals surface area contributed by atoms with Gasteiger partial charge in [-0.2, -0.15) is 4.98 Å². The molecule has 0 spiro atoms. The molecule has 3 aromatic rings. The van der Waals surface area contributed by atoms with Crippen molar-refractivity contribution in [2.24, 2.45) is 0 Å². The molecule has 3 aromatic heterocycles. The molecular formula is C27H43N9Na2O15P2. The number of nitrogen functional groups attached to an aromatic ring is 1. The maximum Gasteiger partial charge on any atom is 1.00 e. The van der Waals surface area contributed by atoms with E-state index in [2.05, 4.69) is 57.4 Å². The number of aliphatic hydroxyl groups is 5. The summed E-state index contributed by atoms with van der Waals surface area (Å²) >= 11 is 0. The fourth-order valence-electron chi connectivity index (χ4n) is 5.78. The zero-order valence-electron chi connectivity index (χ0n) is 30.6. The standard InChI is InChI=1S/C27H45N9O15P2.2Na/c1-3-5-7-34(8-6-4-2)9-14-10-35(33-32-14)11-15-18(37)20(39)22(41)26(49-15)50-53(45,46)51-52(43,44)47-12-16-19(38)21(40)25(48-16)36-13-29-17-23(36)30-27(28)31-24(17)42;;/h10,13,15-16,18-22,25-26,37-41H,3-9,11-12H2,1-2H3,(H,43,44)(H,45,46)(H3,28,30,31,42);;/q;2*+1/p-2/t15-,16+,18+,19+,20+,21+,22-,25+,26+;;/m0../s1. The average molecular weight is 842 g/mol. The summed E-state index contributed by atoms with van der Waals surface area (Å²) in [5.74, 6) is -0.287. The largest absolute Gasteiger partial charge is 1.00 e. The first-order valence-electron chi connectivity index (χ1n) is 16.7. The van der Waals surface area contributed by atoms with Crippen molar-refractivity contribution < 1.29 is 126 Å². The van der Waals surface area contributed by atoms with Gasteiger partial charge in [0.15, 0.2) is 23.7 Å². The monoisotopic (exact) mass is 841 g/mol. The van der Waals surface area contributed by atoms with E-state index >= 15 is 0 Å². The van der Waals surface area contributed by atoms with Crippen LogP contribution in [0.3, 0.4) is 0 Å². The number of aliphatic hydroxyl groups excluding tert-OH is 5. The van der Waals surface area contributed by atoms with E-state index in [1.807, 2.05) is 0 Å². The zero-order chi connectivity index (χ0) is 38.7. The molecule has 2 aliphatic rings. The average Bonchev–Trinajstić information content (AvgIpc) is 3.79. The van der Waals surface area contributed by atoms with Gasteiger partial charge in [-0.25, -0.2) is 14.0 Å². The number of nitrogens with two attached hydrogens (primary N) is 1. The number of rotatable bonds is 18. The van der Waals surface area contributed by atoms with Crippen molar-refractivity contribution in [1.29, 1.82) is 0 Å². The minimum Gasteiger partial charge on any atom is -0.756 e. The molecule has 24 nitrogen and oxygen atoms in total. The van der Waals surface area contributed by atoms with Crippen LogP contribution in [0.2, 0.25) is 0 Å². The number of unbranched alkanes of at least 4 members (excludes halogenated alkanes) is 2. The Labute approximate surface area is 358 Å². The number of H-pyrrole nitrogens is 1. The third kappa shape index (κ3) is 12.4. The predicted molar refractivity (Wildman–Crippen MR) is 174 cm³/mol. The normalized spacial score (nSPS) is 29.1. The Morgan fingerprint density at radius 2 is 1.62 bits per heavy atom. The maximum absolute atomic E-state index is 12.7. The second-order valence-electron chi connectivity index (χ2n) is 12.6. The molecule has 11 atom stereocenters. The molecular weight excluding hydrogens is 798 g/mol. The van der Waals surface area contributed by atoms with E-state index in [1.165, 1.54) is 4.68 Å². The predicted octanol–water partition coefficient (Wildman–Crippen LogP) is -9.18. The molecule has 8 N–H and O–H groups in total. The summed E-state index contributed by atoms with van der Waals surface area (Å²) < 4.78 is 51.8. The number of hydrogen-bond acceptors (Lipinski definition) is 21. The number of anilines is 1. The number of nitrogens with zero attached hydrogens (tertiary/aromatic N) is 7. The van der Waals surface area contributed by atoms with Crippen LogP contribution >= 0.6 is 15.6 Å². The molecule has 0 amide bonds. The Morgan fingerprint density at radius 3 is 2.27 bits per heavy atom. The number of imidazole rings is 1. The van der Waals surface area contributed by atoms with Crippen LogP contribution in [0.4, 0.5) is 5.95 Å². The first kappa shape index (κ1) is 48.6. The first-order chi connectivity index (χ1) is 25.0. The SMILES string of the molecule is CCCCN(CCCC)Cc1cn(C[C@@H]2O[C@H](OP(=O)([O-])OP(=O)([O-])OC[C@H]3O[C@@H](n4cnc5c(=O)[nH]c(N)nc54)[C@H](O)[C@@H]3O)[C@@H](O)[C@H](O)[C@@H]2O)nn1.[Na+].[Na+]. The van der Waals surface area contributed by atoms with E-state index in [-0.39, 0.29) is 82.8 Å². The van der Waals surface area contributed by atoms with Crippen LogP contribution in [-0.2, 0) is 45.1 Å². The van der Waals surface area contributed by atoms with Crippen molar-refractivity contribution in [3.63, 3.8) is 0 Å². The van der Waals surface area contributed by atoms with Crippen molar-refractivity contribution in [2.75, 3.05) is 25.4 Å². The molecule has 2 saturated heterocycles. The van der Waals surface area contributed by atoms with Crippen LogP contribution in [0.15, 0.2) is 17.3 Å². The number of nitrogens with one attached hydrogen (secondary N) is 1. The Bertz CT molecular complexity index is 1830. The molecule has 0 aromatic carbocycles. The summed E-state index contributed by atoms with van der Waals surface area (Å²) in [4.78, 5) is 49.5. The van der Waals surface area contributed by atoms with Gasteiger partial charge >= 0.3 is 59.1 Å². The molecule has 0 aliphatic carbocycles. The van der Waals surface area contributed by atoms with Gasteiger partial charge < -0.3 is 55.1 Å². The molecule has 298 valence electrons. The van der Waals surface area contributed by atoms with Gasteiger partial charge in [0.25, 0.3) is 21.2 Å². The van der Waals surface area contributed by atoms with Gasteiger partial charge in [0.2, 0.25) is 5.95 Å². The minimum absolute atomic E-state index is 0. The van der Waals surface area contributed by atoms with Gasteiger partial charge in [0.1, 0.15) is 42.7 Å². The van der Waals surface area contributed by atoms with Gasteiger partial charge in [-0.15, -0.1) is 5.10 Å². The zero-order valence-corrected chi connectivity index (χ0v) is 36.4. The van der Waals surface area contributed by atoms with Gasteiger partial charge in [-0.05, 0) is 25.9 Å². The van der Waals surface area contributed by atoms with Gasteiger partial charge in [-0.3, -0.25) is 32.9 Å². The summed E-state index contributed by atoms with van der Waals surface area (Å²) in [7, 11) is -11.8. The van der Waals surface area contributed by atoms with E-state index in [4.69, 9.17) is 15.2 Å². The smallest absolute Gasteiger partial charge is 0.756 e. The quantitative estimate of drug-likeness (QED) is 0.0462. The van der Waals surface area contributed by atoms with Crippen LogP contribution in [0.1, 0.15) is 51.5 Å². The van der Waals surface area contributed by atoms with E-state index in [0.717, 1.165) is 49.7 Å². The fourth-order valence-corrected chi connectivity index (χ4v) is 7.87. The summed E-state index contributed by atoms with van der Waals surface area (Å²) in [6.45, 7) is 5.04. The number of hydrogen-bond donors (Lipinski definition) is 7. The van der Waals surface area contributed by atoms with E-state index in [9.17, 15) is 49.2 Å². The second-order valence-corrected chi connectivity index (χ2v) is 15.5. The van der Waals surface area contributed by atoms with Crippen LogP contribution < -0.4 is 80.2 Å². The molecule has 28 heteroatoms. The maximum atomic E-state index is 12.7. The molecule has 55 heavy (non-hydrogen) atoms. The third-order valence-electron chi connectivity index (χ3n) is 8.55. The van der Waals surface area contributed by atoms with E-state index in [0.29, 0.717) is 12.2 Å². The van der Waals surface area contributed by atoms with Gasteiger partial charge in [0, 0.05) is 12.7 Å². The Kier molecular flexibility index (Phi) is 18.5. The summed E-state index contributed by atoms with van der Waals surface area (Å²) in [5.41, 5.74) is 5.17. The third-order valence-corrected chi connectivity index (χ3v) is 11.1. The van der Waals surface area contributed by atoms with Gasteiger partial charge in [-0.1, -0.05) is 31.9 Å². The molecule has 5 heterocycles. The Balaban J connectivity index is 0.00000406. The van der Waals surface area contributed by atoms with E-state index in [1.54, 1.807) is 6.20 Å². The number of phosphoric acid groups is 2. The number of phosphoric ester groups is 2. The van der Waals surface area contributed by atoms with Crippen molar-refractivity contribution >= 4 is 32.8 Å². The summed E-state index contributed by atoms with van der Waals surface area (Å²) in [5, 5.41) is 60.6. The van der Waals surface area contributed by atoms with Crippen LogP contribution in [0, 0.1) is 0 Å². The van der Waals surface area contributed by atoms with Crippen molar-refractivity contribution in [3.05, 3.63) is 28.6 Å². The van der Waals surface area contributed by atoms with Crippen molar-refractivity contribution in [3.8, 4) is 0 Å². The van der Waals surface area contributed by atoms with Crippen LogP contribution in [0.5, 0.6) is 0 Å². The molecule has 2 unspecified atom stereocenters. The molecule has 5 rings (SSSR count). The minimum atomic E-state index is -5.97. The Morgan fingerprint density at radius 1 is 0.964 bits per heavy atom. The molecule has 2 aliphatic heterocycles. The fraction of sp³-hybridized carbons (Fsp3) is 0.741. The summed E-state index contributed by atoms with van der Waals surface area (Å²) in [6, 6.07) is 0. The summed E-state index contributed by atoms with van der Waals surface area (Å²) in [6.07, 6.45) is -9.55. The molecule has 2 fully saturated rings. The van der Waals surface area contributed by atoms with Crippen LogP contribution in [0.25, 0.3) is 11.2 Å². The Hall–Kier alpha value is -0.770. The molecule has 0 radical (unpaired) electrons. The number of fused-ring (bicyclic) bond motifs is 1. The molecule has 0 saturated carbocycles. The van der Waals surface area contributed by atoms with Crippen molar-refractivity contribution in [1.82, 2.24) is 39.4 Å². The number of aromatic amines is 1. The number of ether oxygens (including phenoxy) is 2. The topological polar surface area (TPSA) is 351 Å². The first-order valence-corrected chi connectivity index (χ1v) is 19.7. The van der Waals surface area contributed by atoms with Gasteiger partial charge in [0.05, 0.1) is 25.2 Å². The van der Waals surface area contributed by atoms with Crippen molar-refractivity contribution in [2.45, 2.75) is 108 Å². The van der Waals surface area contributed by atoms with E-state index < -0.39 is 83.1 Å². The second kappa shape index (κ2) is 21.0.